The molecule has 2 aliphatic rings. The summed E-state index contributed by atoms with van der Waals surface area (Å²) in [6.07, 6.45) is 4.25. The Balaban J connectivity index is 1.93. The monoisotopic (exact) mass is 271 g/mol. The summed E-state index contributed by atoms with van der Waals surface area (Å²) in [5, 5.41) is 2.78. The molecule has 2 rings (SSSR count). The van der Waals surface area contributed by atoms with Crippen LogP contribution >= 0.6 is 11.8 Å². The molecule has 0 aromatic heterocycles. The average molecular weight is 271 g/mol. The maximum atomic E-state index is 12.3. The normalized spacial score (nSPS) is 24.5. The van der Waals surface area contributed by atoms with E-state index in [1.165, 1.54) is 0 Å². The quantitative estimate of drug-likeness (QED) is 0.763. The minimum absolute atomic E-state index is 0.0585. The fourth-order valence-corrected chi connectivity index (χ4v) is 3.76. The zero-order chi connectivity index (χ0) is 13.0. The number of nitrogens with one attached hydrogen (secondary N) is 1. The summed E-state index contributed by atoms with van der Waals surface area (Å²) in [6, 6.07) is -0.297. The van der Waals surface area contributed by atoms with E-state index in [2.05, 4.69) is 5.32 Å². The summed E-state index contributed by atoms with van der Waals surface area (Å²) in [6.45, 7) is 0.910. The molecule has 1 aliphatic heterocycles. The first-order chi connectivity index (χ1) is 8.74. The van der Waals surface area contributed by atoms with Gasteiger partial charge in [0.1, 0.15) is 6.04 Å². The Hall–Kier alpha value is -0.750. The molecular formula is C12H21N3O2S. The van der Waals surface area contributed by atoms with E-state index in [4.69, 9.17) is 5.73 Å². The molecule has 0 aromatic rings. The number of amides is 2. The summed E-state index contributed by atoms with van der Waals surface area (Å²) >= 11 is 1.65. The van der Waals surface area contributed by atoms with Gasteiger partial charge in [0.05, 0.1) is 5.88 Å². The van der Waals surface area contributed by atoms with Crippen molar-refractivity contribution in [3.8, 4) is 0 Å². The van der Waals surface area contributed by atoms with Gasteiger partial charge in [-0.25, -0.2) is 0 Å². The van der Waals surface area contributed by atoms with Crippen molar-refractivity contribution in [1.29, 1.82) is 0 Å². The fraction of sp³-hybridized carbons (Fsp3) is 0.833. The first-order valence-corrected chi connectivity index (χ1v) is 7.75. The molecule has 1 saturated carbocycles. The van der Waals surface area contributed by atoms with Crippen LogP contribution in [0.25, 0.3) is 0 Å². The summed E-state index contributed by atoms with van der Waals surface area (Å²) < 4.78 is 0. The lowest BCUT2D eigenvalue weighted by Gasteiger charge is -2.25. The number of carbonyl (C=O) groups excluding carboxylic acids is 2. The zero-order valence-corrected chi connectivity index (χ0v) is 11.4. The second-order valence-electron chi connectivity index (χ2n) is 4.88. The third-order valence-corrected chi connectivity index (χ3v) is 4.63. The Bertz CT molecular complexity index is 318. The van der Waals surface area contributed by atoms with Crippen LogP contribution in [0.2, 0.25) is 0 Å². The van der Waals surface area contributed by atoms with Crippen LogP contribution in [0.5, 0.6) is 0 Å². The van der Waals surface area contributed by atoms with Gasteiger partial charge in [0.15, 0.2) is 0 Å². The standard InChI is InChI=1S/C12H21N3O2S/c13-5-6-14-11(16)10-7-18-8-15(10)12(17)9-3-1-2-4-9/h9-10H,1-8,13H2,(H,14,16). The number of nitrogens with zero attached hydrogens (tertiary/aromatic N) is 1. The minimum atomic E-state index is -0.297. The molecule has 102 valence electrons. The number of carbonyl (C=O) groups is 2. The first kappa shape index (κ1) is 13.7. The Labute approximate surface area is 112 Å². The van der Waals surface area contributed by atoms with Crippen molar-refractivity contribution in [1.82, 2.24) is 10.2 Å². The molecule has 5 nitrogen and oxygen atoms in total. The SMILES string of the molecule is NCCNC(=O)C1CSCN1C(=O)C1CCCC1. The van der Waals surface area contributed by atoms with Gasteiger partial charge >= 0.3 is 0 Å². The number of thioether (sulfide) groups is 1. The van der Waals surface area contributed by atoms with E-state index in [0.717, 1.165) is 25.7 Å². The van der Waals surface area contributed by atoms with Gasteiger partial charge in [0.2, 0.25) is 11.8 Å². The molecule has 2 fully saturated rings. The topological polar surface area (TPSA) is 75.4 Å². The number of hydrogen-bond donors (Lipinski definition) is 2. The molecule has 0 aromatic carbocycles. The summed E-state index contributed by atoms with van der Waals surface area (Å²) in [7, 11) is 0. The van der Waals surface area contributed by atoms with Crippen LogP contribution in [0.3, 0.4) is 0 Å². The van der Waals surface area contributed by atoms with Crippen LogP contribution in [-0.2, 0) is 9.59 Å². The molecule has 1 unspecified atom stereocenters. The van der Waals surface area contributed by atoms with E-state index in [0.29, 0.717) is 24.7 Å². The second-order valence-corrected chi connectivity index (χ2v) is 5.88. The number of nitrogens with two attached hydrogens (primary N) is 1. The van der Waals surface area contributed by atoms with E-state index in [1.807, 2.05) is 0 Å². The van der Waals surface area contributed by atoms with Crippen molar-refractivity contribution in [2.24, 2.45) is 11.7 Å². The van der Waals surface area contributed by atoms with Gasteiger partial charge in [0, 0.05) is 24.8 Å². The highest BCUT2D eigenvalue weighted by molar-refractivity contribution is 7.99. The van der Waals surface area contributed by atoms with Gasteiger partial charge in [-0.15, -0.1) is 11.8 Å². The fourth-order valence-electron chi connectivity index (χ4n) is 2.60. The maximum Gasteiger partial charge on any atom is 0.243 e. The van der Waals surface area contributed by atoms with Crippen LogP contribution in [0.1, 0.15) is 25.7 Å². The number of rotatable bonds is 4. The molecule has 18 heavy (non-hydrogen) atoms. The highest BCUT2D eigenvalue weighted by Gasteiger charge is 2.37. The van der Waals surface area contributed by atoms with Crippen LogP contribution in [0.15, 0.2) is 0 Å². The predicted octanol–water partition coefficient (Wildman–Crippen LogP) is 0.153. The van der Waals surface area contributed by atoms with Crippen molar-refractivity contribution in [3.05, 3.63) is 0 Å². The van der Waals surface area contributed by atoms with Gasteiger partial charge in [-0.3, -0.25) is 9.59 Å². The third kappa shape index (κ3) is 2.98. The molecule has 0 bridgehead atoms. The van der Waals surface area contributed by atoms with Crippen molar-refractivity contribution in [2.45, 2.75) is 31.7 Å². The van der Waals surface area contributed by atoms with Crippen molar-refractivity contribution in [2.75, 3.05) is 24.7 Å². The number of hydrogen-bond acceptors (Lipinski definition) is 4. The molecule has 3 N–H and O–H groups in total. The van der Waals surface area contributed by atoms with E-state index in [1.54, 1.807) is 16.7 Å². The zero-order valence-electron chi connectivity index (χ0n) is 10.6. The largest absolute Gasteiger partial charge is 0.353 e. The maximum absolute atomic E-state index is 12.3. The lowest BCUT2D eigenvalue weighted by molar-refractivity contribution is -0.141. The van der Waals surface area contributed by atoms with Gasteiger partial charge < -0.3 is 16.0 Å². The highest BCUT2D eigenvalue weighted by Crippen LogP contribution is 2.30. The third-order valence-electron chi connectivity index (χ3n) is 3.62. The van der Waals surface area contributed by atoms with E-state index >= 15 is 0 Å². The molecule has 1 heterocycles. The van der Waals surface area contributed by atoms with Crippen LogP contribution in [-0.4, -0.2) is 47.5 Å². The predicted molar refractivity (Wildman–Crippen MR) is 72.0 cm³/mol. The molecule has 1 aliphatic carbocycles. The molecule has 6 heteroatoms. The Kier molecular flexibility index (Phi) is 4.88. The van der Waals surface area contributed by atoms with Crippen LogP contribution in [0, 0.1) is 5.92 Å². The lowest BCUT2D eigenvalue weighted by Crippen LogP contribution is -2.49. The molecule has 0 spiro atoms. The summed E-state index contributed by atoms with van der Waals surface area (Å²) in [5.74, 6) is 1.61. The minimum Gasteiger partial charge on any atom is -0.353 e. The van der Waals surface area contributed by atoms with Gasteiger partial charge in [0.25, 0.3) is 0 Å². The lowest BCUT2D eigenvalue weighted by atomic mass is 10.1. The van der Waals surface area contributed by atoms with Gasteiger partial charge in [-0.1, -0.05) is 12.8 Å². The molecule has 1 atom stereocenters. The summed E-state index contributed by atoms with van der Waals surface area (Å²) in [5.41, 5.74) is 5.37. The molecule has 0 radical (unpaired) electrons. The smallest absolute Gasteiger partial charge is 0.243 e. The van der Waals surface area contributed by atoms with E-state index < -0.39 is 0 Å². The first-order valence-electron chi connectivity index (χ1n) is 6.60. The van der Waals surface area contributed by atoms with E-state index in [9.17, 15) is 9.59 Å². The van der Waals surface area contributed by atoms with Crippen molar-refractivity contribution in [3.63, 3.8) is 0 Å². The van der Waals surface area contributed by atoms with Crippen LogP contribution < -0.4 is 11.1 Å². The van der Waals surface area contributed by atoms with Crippen molar-refractivity contribution >= 4 is 23.6 Å². The van der Waals surface area contributed by atoms with Crippen LogP contribution in [0.4, 0.5) is 0 Å². The Morgan fingerprint density at radius 2 is 2.06 bits per heavy atom. The Morgan fingerprint density at radius 1 is 1.33 bits per heavy atom. The van der Waals surface area contributed by atoms with E-state index in [-0.39, 0.29) is 23.8 Å². The van der Waals surface area contributed by atoms with Gasteiger partial charge in [-0.05, 0) is 12.8 Å². The van der Waals surface area contributed by atoms with Gasteiger partial charge in [-0.2, -0.15) is 0 Å². The molecule has 2 amide bonds. The van der Waals surface area contributed by atoms with Crippen molar-refractivity contribution < 1.29 is 9.59 Å². The Morgan fingerprint density at radius 3 is 2.72 bits per heavy atom. The summed E-state index contributed by atoms with van der Waals surface area (Å²) in [4.78, 5) is 26.1. The molecular weight excluding hydrogens is 250 g/mol. The highest BCUT2D eigenvalue weighted by atomic mass is 32.2. The second kappa shape index (κ2) is 6.43. The molecule has 1 saturated heterocycles. The average Bonchev–Trinajstić information content (AvgIpc) is 3.04.